The van der Waals surface area contributed by atoms with E-state index in [2.05, 4.69) is 11.8 Å². The van der Waals surface area contributed by atoms with Gasteiger partial charge in [-0.2, -0.15) is 0 Å². The van der Waals surface area contributed by atoms with Crippen molar-refractivity contribution in [1.82, 2.24) is 9.47 Å². The first kappa shape index (κ1) is 14.4. The molecule has 0 amide bonds. The Morgan fingerprint density at radius 2 is 2.14 bits per heavy atom. The Balaban J connectivity index is 1.74. The van der Waals surface area contributed by atoms with E-state index in [9.17, 15) is 4.79 Å². The predicted molar refractivity (Wildman–Crippen MR) is 83.3 cm³/mol. The maximum absolute atomic E-state index is 12.0. The van der Waals surface area contributed by atoms with E-state index in [-0.39, 0.29) is 5.76 Å². The number of oxazole rings is 1. The number of rotatable bonds is 4. The first-order valence-corrected chi connectivity index (χ1v) is 7.71. The molecular weight excluding hydrogens is 266 g/mol. The number of aromatic nitrogens is 1. The Hall–Kier alpha value is -1.59. The maximum atomic E-state index is 12.0. The molecule has 1 aromatic carbocycles. The number of nitrogens with two attached hydrogens (primary N) is 1. The van der Waals surface area contributed by atoms with Crippen LogP contribution in [0, 0.1) is 5.92 Å². The fourth-order valence-corrected chi connectivity index (χ4v) is 3.29. The molecule has 2 N–H and O–H groups in total. The molecule has 1 aliphatic rings. The first-order valence-electron chi connectivity index (χ1n) is 7.71. The van der Waals surface area contributed by atoms with E-state index in [0.717, 1.165) is 30.9 Å². The summed E-state index contributed by atoms with van der Waals surface area (Å²) in [5.41, 5.74) is 7.43. The van der Waals surface area contributed by atoms with Crippen LogP contribution in [-0.2, 0) is 6.54 Å². The smallest absolute Gasteiger partial charge is 0.408 e. The van der Waals surface area contributed by atoms with E-state index in [1.807, 2.05) is 24.3 Å². The monoisotopic (exact) mass is 289 g/mol. The van der Waals surface area contributed by atoms with E-state index < -0.39 is 0 Å². The minimum absolute atomic E-state index is 0.272. The molecule has 114 valence electrons. The van der Waals surface area contributed by atoms with Crippen LogP contribution in [0.25, 0.3) is 11.1 Å². The second-order valence-corrected chi connectivity index (χ2v) is 6.04. The van der Waals surface area contributed by atoms with Crippen LogP contribution in [-0.4, -0.2) is 35.1 Å². The van der Waals surface area contributed by atoms with Crippen molar-refractivity contribution in [3.8, 4) is 0 Å². The lowest BCUT2D eigenvalue weighted by Crippen LogP contribution is -2.47. The van der Waals surface area contributed by atoms with Gasteiger partial charge in [0, 0.05) is 25.7 Å². The van der Waals surface area contributed by atoms with E-state index in [0.29, 0.717) is 24.7 Å². The fraction of sp³-hybridized carbons (Fsp3) is 0.562. The molecule has 2 heterocycles. The van der Waals surface area contributed by atoms with E-state index in [1.54, 1.807) is 4.57 Å². The van der Waals surface area contributed by atoms with Crippen molar-refractivity contribution >= 4 is 11.1 Å². The predicted octanol–water partition coefficient (Wildman–Crippen LogP) is 1.65. The molecule has 2 unspecified atom stereocenters. The van der Waals surface area contributed by atoms with Gasteiger partial charge in [-0.15, -0.1) is 0 Å². The van der Waals surface area contributed by atoms with Crippen molar-refractivity contribution in [2.45, 2.75) is 32.4 Å². The topological polar surface area (TPSA) is 64.4 Å². The number of nitrogens with zero attached hydrogens (tertiary/aromatic N) is 2. The lowest BCUT2D eigenvalue weighted by atomic mass is 9.92. The molecule has 5 heteroatoms. The highest BCUT2D eigenvalue weighted by Gasteiger charge is 2.25. The lowest BCUT2D eigenvalue weighted by Gasteiger charge is -2.37. The van der Waals surface area contributed by atoms with Gasteiger partial charge < -0.3 is 10.2 Å². The summed E-state index contributed by atoms with van der Waals surface area (Å²) in [6, 6.07) is 8.00. The first-order chi connectivity index (χ1) is 10.2. The summed E-state index contributed by atoms with van der Waals surface area (Å²) in [6.07, 6.45) is 2.36. The number of fused-ring (bicyclic) bond motifs is 1. The SMILES string of the molecule is CC1CCN(CCn2c(=O)oc3ccccc32)C(CN)C1. The van der Waals surface area contributed by atoms with Crippen LogP contribution in [0.1, 0.15) is 19.8 Å². The molecule has 3 rings (SSSR count). The third kappa shape index (κ3) is 2.89. The van der Waals surface area contributed by atoms with Crippen molar-refractivity contribution < 1.29 is 4.42 Å². The lowest BCUT2D eigenvalue weighted by molar-refractivity contribution is 0.118. The summed E-state index contributed by atoms with van der Waals surface area (Å²) < 4.78 is 7.00. The van der Waals surface area contributed by atoms with Crippen LogP contribution >= 0.6 is 0 Å². The largest absolute Gasteiger partial charge is 0.419 e. The second-order valence-electron chi connectivity index (χ2n) is 6.04. The molecule has 1 fully saturated rings. The third-order valence-electron chi connectivity index (χ3n) is 4.56. The van der Waals surface area contributed by atoms with Gasteiger partial charge >= 0.3 is 5.76 Å². The number of hydrogen-bond donors (Lipinski definition) is 1. The van der Waals surface area contributed by atoms with Gasteiger partial charge in [0.05, 0.1) is 5.52 Å². The van der Waals surface area contributed by atoms with Crippen molar-refractivity contribution in [3.05, 3.63) is 34.8 Å². The van der Waals surface area contributed by atoms with Crippen LogP contribution in [0.4, 0.5) is 0 Å². The zero-order valence-electron chi connectivity index (χ0n) is 12.5. The number of para-hydroxylation sites is 2. The van der Waals surface area contributed by atoms with Crippen molar-refractivity contribution in [2.24, 2.45) is 11.7 Å². The zero-order chi connectivity index (χ0) is 14.8. The molecule has 2 aromatic rings. The Morgan fingerprint density at radius 3 is 2.95 bits per heavy atom. The highest BCUT2D eigenvalue weighted by atomic mass is 16.4. The van der Waals surface area contributed by atoms with Crippen molar-refractivity contribution in [3.63, 3.8) is 0 Å². The highest BCUT2D eigenvalue weighted by molar-refractivity contribution is 5.72. The Bertz CT molecular complexity index is 661. The fourth-order valence-electron chi connectivity index (χ4n) is 3.29. The normalized spacial score (nSPS) is 23.7. The Kier molecular flexibility index (Phi) is 4.12. The minimum atomic E-state index is -0.272. The summed E-state index contributed by atoms with van der Waals surface area (Å²) in [5.74, 6) is 0.471. The van der Waals surface area contributed by atoms with Gasteiger partial charge in [0.15, 0.2) is 5.58 Å². The second kappa shape index (κ2) is 6.03. The maximum Gasteiger partial charge on any atom is 0.419 e. The average molecular weight is 289 g/mol. The van der Waals surface area contributed by atoms with Crippen LogP contribution < -0.4 is 11.5 Å². The Labute approximate surface area is 124 Å². The number of likely N-dealkylation sites (tertiary alicyclic amines) is 1. The third-order valence-corrected chi connectivity index (χ3v) is 4.56. The van der Waals surface area contributed by atoms with E-state index in [1.165, 1.54) is 6.42 Å². The molecule has 21 heavy (non-hydrogen) atoms. The van der Waals surface area contributed by atoms with E-state index in [4.69, 9.17) is 10.2 Å². The number of piperidine rings is 1. The van der Waals surface area contributed by atoms with Gasteiger partial charge in [-0.05, 0) is 37.4 Å². The molecule has 0 spiro atoms. The van der Waals surface area contributed by atoms with Crippen LogP contribution in [0.2, 0.25) is 0 Å². The molecule has 0 aliphatic carbocycles. The zero-order valence-corrected chi connectivity index (χ0v) is 12.5. The molecular formula is C16H23N3O2. The van der Waals surface area contributed by atoms with Crippen molar-refractivity contribution in [2.75, 3.05) is 19.6 Å². The highest BCUT2D eigenvalue weighted by Crippen LogP contribution is 2.22. The molecule has 1 aliphatic heterocycles. The summed E-state index contributed by atoms with van der Waals surface area (Å²) in [5, 5.41) is 0. The summed E-state index contributed by atoms with van der Waals surface area (Å²) in [4.78, 5) is 14.4. The molecule has 0 saturated carbocycles. The van der Waals surface area contributed by atoms with Gasteiger partial charge in [0.2, 0.25) is 0 Å². The van der Waals surface area contributed by atoms with Crippen molar-refractivity contribution in [1.29, 1.82) is 0 Å². The van der Waals surface area contributed by atoms with Gasteiger partial charge in [-0.25, -0.2) is 4.79 Å². The summed E-state index contributed by atoms with van der Waals surface area (Å²) in [6.45, 7) is 5.53. The van der Waals surface area contributed by atoms with E-state index >= 15 is 0 Å². The molecule has 5 nitrogen and oxygen atoms in total. The minimum Gasteiger partial charge on any atom is -0.408 e. The average Bonchev–Trinajstić information content (AvgIpc) is 2.81. The quantitative estimate of drug-likeness (QED) is 0.929. The standard InChI is InChI=1S/C16H23N3O2/c1-12-6-7-18(13(10-12)11-17)8-9-19-14-4-2-3-5-15(14)21-16(19)20/h2-5,12-13H,6-11,17H2,1H3. The number of benzene rings is 1. The van der Waals surface area contributed by atoms with Gasteiger partial charge in [-0.1, -0.05) is 19.1 Å². The Morgan fingerprint density at radius 1 is 1.33 bits per heavy atom. The molecule has 1 saturated heterocycles. The number of hydrogen-bond acceptors (Lipinski definition) is 4. The summed E-state index contributed by atoms with van der Waals surface area (Å²) in [7, 11) is 0. The summed E-state index contributed by atoms with van der Waals surface area (Å²) >= 11 is 0. The molecule has 0 bridgehead atoms. The van der Waals surface area contributed by atoms with Gasteiger partial charge in [-0.3, -0.25) is 9.47 Å². The molecule has 1 aromatic heterocycles. The van der Waals surface area contributed by atoms with Gasteiger partial charge in [0.1, 0.15) is 0 Å². The van der Waals surface area contributed by atoms with Gasteiger partial charge in [0.25, 0.3) is 0 Å². The molecule has 0 radical (unpaired) electrons. The molecule has 2 atom stereocenters. The van der Waals surface area contributed by atoms with Crippen LogP contribution in [0.15, 0.2) is 33.5 Å². The van der Waals surface area contributed by atoms with Crippen LogP contribution in [0.3, 0.4) is 0 Å². The van der Waals surface area contributed by atoms with Crippen LogP contribution in [0.5, 0.6) is 0 Å².